The standard InChI is InChI=1S/C7H12BNO3.C2H6/c1-6(2)9-5-8-11-4-3-7(10)12-8;1-2/h9H,1,3-5H2,2H3;1-2H3. The quantitative estimate of drug-likeness (QED) is 0.692. The van der Waals surface area contributed by atoms with Crippen molar-refractivity contribution in [2.75, 3.05) is 13.1 Å². The second-order valence-corrected chi connectivity index (χ2v) is 2.70. The average molecular weight is 199 g/mol. The van der Waals surface area contributed by atoms with E-state index >= 15 is 0 Å². The molecule has 0 unspecified atom stereocenters. The minimum Gasteiger partial charge on any atom is -0.508 e. The van der Waals surface area contributed by atoms with E-state index in [9.17, 15) is 4.79 Å². The van der Waals surface area contributed by atoms with E-state index < -0.39 is 7.12 Å². The van der Waals surface area contributed by atoms with Crippen molar-refractivity contribution in [3.63, 3.8) is 0 Å². The summed E-state index contributed by atoms with van der Waals surface area (Å²) in [5.74, 6) is -0.199. The van der Waals surface area contributed by atoms with Gasteiger partial charge in [0.1, 0.15) is 0 Å². The molecule has 1 aliphatic rings. The summed E-state index contributed by atoms with van der Waals surface area (Å²) in [6.07, 6.45) is 0.824. The van der Waals surface area contributed by atoms with Gasteiger partial charge in [0.2, 0.25) is 0 Å². The van der Waals surface area contributed by atoms with Crippen LogP contribution < -0.4 is 5.32 Å². The van der Waals surface area contributed by atoms with Gasteiger partial charge in [-0.25, -0.2) is 0 Å². The number of hydrogen-bond acceptors (Lipinski definition) is 4. The van der Waals surface area contributed by atoms with Crippen molar-refractivity contribution in [1.82, 2.24) is 5.32 Å². The van der Waals surface area contributed by atoms with E-state index in [4.69, 9.17) is 9.31 Å². The van der Waals surface area contributed by atoms with Gasteiger partial charge in [0.05, 0.1) is 12.9 Å². The Morgan fingerprint density at radius 1 is 1.64 bits per heavy atom. The second-order valence-electron chi connectivity index (χ2n) is 2.70. The van der Waals surface area contributed by atoms with Crippen LogP contribution >= 0.6 is 0 Å². The van der Waals surface area contributed by atoms with E-state index in [1.54, 1.807) is 0 Å². The first-order valence-corrected chi connectivity index (χ1v) is 4.89. The first kappa shape index (κ1) is 13.0. The van der Waals surface area contributed by atoms with Gasteiger partial charge in [-0.05, 0) is 12.6 Å². The molecule has 1 rings (SSSR count). The molecule has 0 aromatic carbocycles. The fourth-order valence-electron chi connectivity index (χ4n) is 0.871. The van der Waals surface area contributed by atoms with Crippen LogP contribution in [-0.4, -0.2) is 26.1 Å². The molecule has 14 heavy (non-hydrogen) atoms. The molecule has 0 aliphatic carbocycles. The molecular weight excluding hydrogens is 181 g/mol. The van der Waals surface area contributed by atoms with Crippen molar-refractivity contribution in [2.24, 2.45) is 0 Å². The van der Waals surface area contributed by atoms with Crippen LogP contribution in [0.25, 0.3) is 0 Å². The van der Waals surface area contributed by atoms with Crippen molar-refractivity contribution in [3.8, 4) is 0 Å². The van der Waals surface area contributed by atoms with Crippen molar-refractivity contribution >= 4 is 13.1 Å². The van der Waals surface area contributed by atoms with Crippen LogP contribution in [-0.2, 0) is 14.1 Å². The Kier molecular flexibility index (Phi) is 6.93. The second kappa shape index (κ2) is 7.44. The Balaban J connectivity index is 0.000000791. The normalized spacial score (nSPS) is 15.1. The Labute approximate surface area is 85.8 Å². The fraction of sp³-hybridized carbons (Fsp3) is 0.667. The molecule has 0 aromatic rings. The lowest BCUT2D eigenvalue weighted by atomic mass is 9.89. The van der Waals surface area contributed by atoms with Gasteiger partial charge in [0.25, 0.3) is 5.97 Å². The molecule has 1 N–H and O–H groups in total. The highest BCUT2D eigenvalue weighted by molar-refractivity contribution is 6.47. The molecule has 0 radical (unpaired) electrons. The zero-order valence-corrected chi connectivity index (χ0v) is 9.13. The number of allylic oxidation sites excluding steroid dienone is 1. The SMILES string of the molecule is C=C(C)NCB1OCCC(=O)O1.CC. The number of rotatable bonds is 3. The minimum absolute atomic E-state index is 0.199. The predicted molar refractivity (Wildman–Crippen MR) is 56.6 cm³/mol. The first-order chi connectivity index (χ1) is 6.68. The van der Waals surface area contributed by atoms with Gasteiger partial charge in [-0.2, -0.15) is 0 Å². The van der Waals surface area contributed by atoms with Gasteiger partial charge < -0.3 is 14.6 Å². The summed E-state index contributed by atoms with van der Waals surface area (Å²) < 4.78 is 10.0. The molecule has 0 spiro atoms. The number of carbonyl (C=O) groups excluding carboxylic acids is 1. The molecule has 4 nitrogen and oxygen atoms in total. The zero-order valence-electron chi connectivity index (χ0n) is 9.13. The van der Waals surface area contributed by atoms with E-state index in [0.29, 0.717) is 19.5 Å². The van der Waals surface area contributed by atoms with Crippen molar-refractivity contribution in [2.45, 2.75) is 27.2 Å². The Morgan fingerprint density at radius 3 is 2.79 bits per heavy atom. The molecule has 1 heterocycles. The van der Waals surface area contributed by atoms with E-state index in [1.165, 1.54) is 0 Å². The highest BCUT2D eigenvalue weighted by atomic mass is 16.6. The summed E-state index contributed by atoms with van der Waals surface area (Å²) in [5.41, 5.74) is 0.834. The van der Waals surface area contributed by atoms with E-state index in [1.807, 2.05) is 20.8 Å². The minimum atomic E-state index is -0.456. The van der Waals surface area contributed by atoms with Crippen LogP contribution in [0.2, 0.25) is 0 Å². The molecule has 0 atom stereocenters. The molecule has 0 saturated carbocycles. The topological polar surface area (TPSA) is 47.6 Å². The van der Waals surface area contributed by atoms with Crippen molar-refractivity contribution < 1.29 is 14.1 Å². The Hall–Kier alpha value is -0.965. The molecule has 0 bridgehead atoms. The maximum Gasteiger partial charge on any atom is 0.547 e. The fourth-order valence-corrected chi connectivity index (χ4v) is 0.871. The summed E-state index contributed by atoms with van der Waals surface area (Å²) in [6, 6.07) is 0. The third-order valence-electron chi connectivity index (χ3n) is 1.44. The number of nitrogens with one attached hydrogen (secondary N) is 1. The van der Waals surface area contributed by atoms with Crippen LogP contribution in [0.1, 0.15) is 27.2 Å². The van der Waals surface area contributed by atoms with Gasteiger partial charge >= 0.3 is 7.12 Å². The number of carbonyl (C=O) groups is 1. The zero-order chi connectivity index (χ0) is 11.0. The molecule has 0 amide bonds. The molecular formula is C9H18BNO3. The lowest BCUT2D eigenvalue weighted by molar-refractivity contribution is -0.139. The Morgan fingerprint density at radius 2 is 2.29 bits per heavy atom. The van der Waals surface area contributed by atoms with Gasteiger partial charge in [0, 0.05) is 6.61 Å². The van der Waals surface area contributed by atoms with Gasteiger partial charge in [-0.1, -0.05) is 20.4 Å². The summed E-state index contributed by atoms with van der Waals surface area (Å²) in [7, 11) is -0.456. The maximum atomic E-state index is 10.8. The largest absolute Gasteiger partial charge is 0.547 e. The van der Waals surface area contributed by atoms with Crippen molar-refractivity contribution in [1.29, 1.82) is 0 Å². The van der Waals surface area contributed by atoms with E-state index in [-0.39, 0.29) is 5.97 Å². The molecule has 1 fully saturated rings. The highest BCUT2D eigenvalue weighted by Crippen LogP contribution is 2.01. The molecule has 80 valence electrons. The van der Waals surface area contributed by atoms with E-state index in [2.05, 4.69) is 11.9 Å². The monoisotopic (exact) mass is 199 g/mol. The highest BCUT2D eigenvalue weighted by Gasteiger charge is 2.27. The summed E-state index contributed by atoms with van der Waals surface area (Å²) >= 11 is 0. The predicted octanol–water partition coefficient (Wildman–Crippen LogP) is 1.13. The summed E-state index contributed by atoms with van der Waals surface area (Å²) in [5, 5.41) is 2.94. The van der Waals surface area contributed by atoms with Crippen LogP contribution in [0.5, 0.6) is 0 Å². The molecule has 0 aromatic heterocycles. The van der Waals surface area contributed by atoms with Crippen molar-refractivity contribution in [3.05, 3.63) is 12.3 Å². The maximum absolute atomic E-state index is 10.8. The third-order valence-corrected chi connectivity index (χ3v) is 1.44. The summed E-state index contributed by atoms with van der Waals surface area (Å²) in [4.78, 5) is 10.8. The van der Waals surface area contributed by atoms with E-state index in [0.717, 1.165) is 5.70 Å². The van der Waals surface area contributed by atoms with Crippen LogP contribution in [0, 0.1) is 0 Å². The Bertz CT molecular complexity index is 196. The molecule has 5 heteroatoms. The first-order valence-electron chi connectivity index (χ1n) is 4.89. The molecule has 1 aliphatic heterocycles. The van der Waals surface area contributed by atoms with Crippen LogP contribution in [0.4, 0.5) is 0 Å². The van der Waals surface area contributed by atoms with Crippen LogP contribution in [0.3, 0.4) is 0 Å². The van der Waals surface area contributed by atoms with Gasteiger partial charge in [0.15, 0.2) is 0 Å². The lowest BCUT2D eigenvalue weighted by Gasteiger charge is -2.19. The lowest BCUT2D eigenvalue weighted by Crippen LogP contribution is -2.41. The smallest absolute Gasteiger partial charge is 0.508 e. The number of hydrogen-bond donors (Lipinski definition) is 1. The third kappa shape index (κ3) is 5.64. The van der Waals surface area contributed by atoms with Crippen LogP contribution in [0.15, 0.2) is 12.3 Å². The average Bonchev–Trinajstić information content (AvgIpc) is 2.18. The van der Waals surface area contributed by atoms with Gasteiger partial charge in [-0.3, -0.25) is 4.79 Å². The molecule has 1 saturated heterocycles. The van der Waals surface area contributed by atoms with Gasteiger partial charge in [-0.15, -0.1) is 0 Å². The summed E-state index contributed by atoms with van der Waals surface area (Å²) in [6.45, 7) is 9.94.